The average Bonchev–Trinajstić information content (AvgIpc) is 3.48. The number of amides is 3. The van der Waals surface area contributed by atoms with Crippen LogP contribution in [0.25, 0.3) is 10.8 Å². The standard InChI is InChI=1S/C35H43N5O7/c1-23(2)16-17-28(41)19-32(42)47-38-33(43)30(37-35(45)46-21-25-10-5-4-6-11-25)18-27-20-39(34(44)24(3)36)22-40(27)31-15-9-13-26-12-7-8-14-29(26)31/h4-15,20,23-24,28,30,41H,16-19,21-22,36H2,1-3H3,(H,37,45)(H,38,43)/t24-,28-,30+/m0/s1. The molecule has 1 aliphatic rings. The average molecular weight is 646 g/mol. The molecule has 0 aliphatic carbocycles. The molecule has 250 valence electrons. The van der Waals surface area contributed by atoms with Gasteiger partial charge in [0, 0.05) is 23.7 Å². The highest BCUT2D eigenvalue weighted by Gasteiger charge is 2.33. The van der Waals surface area contributed by atoms with Crippen LogP contribution in [0.4, 0.5) is 10.5 Å². The molecule has 0 saturated heterocycles. The third kappa shape index (κ3) is 10.0. The lowest BCUT2D eigenvalue weighted by atomic mass is 10.0. The Balaban J connectivity index is 1.55. The van der Waals surface area contributed by atoms with Gasteiger partial charge in [-0.15, -0.1) is 0 Å². The van der Waals surface area contributed by atoms with Gasteiger partial charge in [0.05, 0.1) is 24.3 Å². The van der Waals surface area contributed by atoms with Gasteiger partial charge in [-0.1, -0.05) is 80.6 Å². The summed E-state index contributed by atoms with van der Waals surface area (Å²) in [5.74, 6) is -1.63. The molecule has 1 heterocycles. The molecule has 0 fully saturated rings. The predicted molar refractivity (Wildman–Crippen MR) is 177 cm³/mol. The maximum absolute atomic E-state index is 13.5. The van der Waals surface area contributed by atoms with Crippen molar-refractivity contribution in [2.24, 2.45) is 11.7 Å². The van der Waals surface area contributed by atoms with E-state index in [1.807, 2.05) is 79.4 Å². The van der Waals surface area contributed by atoms with Crippen LogP contribution < -0.4 is 21.4 Å². The van der Waals surface area contributed by atoms with E-state index in [1.165, 1.54) is 4.90 Å². The number of anilines is 1. The van der Waals surface area contributed by atoms with E-state index < -0.39 is 36.2 Å². The van der Waals surface area contributed by atoms with E-state index in [0.717, 1.165) is 28.4 Å². The van der Waals surface area contributed by atoms with Gasteiger partial charge in [0.25, 0.3) is 5.91 Å². The second-order valence-electron chi connectivity index (χ2n) is 12.0. The Bertz CT molecular complexity index is 1570. The summed E-state index contributed by atoms with van der Waals surface area (Å²) in [6, 6.07) is 20.5. The number of hydrogen-bond donors (Lipinski definition) is 4. The van der Waals surface area contributed by atoms with Crippen LogP contribution in [0.3, 0.4) is 0 Å². The summed E-state index contributed by atoms with van der Waals surface area (Å²) >= 11 is 0. The number of fused-ring (bicyclic) bond motifs is 1. The summed E-state index contributed by atoms with van der Waals surface area (Å²) < 4.78 is 5.37. The van der Waals surface area contributed by atoms with Gasteiger partial charge >= 0.3 is 12.1 Å². The molecule has 0 unspecified atom stereocenters. The number of carbonyl (C=O) groups excluding carboxylic acids is 4. The molecule has 3 aromatic carbocycles. The molecule has 12 nitrogen and oxygen atoms in total. The Morgan fingerprint density at radius 1 is 0.936 bits per heavy atom. The van der Waals surface area contributed by atoms with Crippen LogP contribution in [0, 0.1) is 5.92 Å². The Hall–Kier alpha value is -4.94. The Morgan fingerprint density at radius 3 is 2.36 bits per heavy atom. The van der Waals surface area contributed by atoms with E-state index in [9.17, 15) is 24.3 Å². The molecule has 0 radical (unpaired) electrons. The first-order valence-electron chi connectivity index (χ1n) is 15.7. The van der Waals surface area contributed by atoms with Crippen molar-refractivity contribution in [3.8, 4) is 0 Å². The number of nitrogens with one attached hydrogen (secondary N) is 2. The van der Waals surface area contributed by atoms with Crippen molar-refractivity contribution in [1.29, 1.82) is 0 Å². The molecular formula is C35H43N5O7. The number of nitrogens with two attached hydrogens (primary N) is 1. The van der Waals surface area contributed by atoms with E-state index in [1.54, 1.807) is 25.3 Å². The molecule has 3 atom stereocenters. The molecule has 0 spiro atoms. The zero-order valence-corrected chi connectivity index (χ0v) is 26.9. The van der Waals surface area contributed by atoms with Crippen molar-refractivity contribution in [3.05, 3.63) is 90.3 Å². The summed E-state index contributed by atoms with van der Waals surface area (Å²) in [7, 11) is 0. The monoisotopic (exact) mass is 645 g/mol. The number of nitrogens with zero attached hydrogens (tertiary/aromatic N) is 2. The minimum atomic E-state index is -1.29. The molecule has 0 saturated carbocycles. The maximum Gasteiger partial charge on any atom is 0.408 e. The number of carbonyl (C=O) groups is 4. The SMILES string of the molecule is CC(C)CC[C@H](O)CC(=O)ONC(=O)[C@@H](CC1=CN(C(=O)[C@H](C)N)CN1c1cccc2ccccc12)NC(=O)OCc1ccccc1. The van der Waals surface area contributed by atoms with E-state index in [0.29, 0.717) is 18.0 Å². The van der Waals surface area contributed by atoms with Crippen molar-refractivity contribution in [3.63, 3.8) is 0 Å². The van der Waals surface area contributed by atoms with Gasteiger partial charge in [-0.2, -0.15) is 5.48 Å². The number of benzene rings is 3. The van der Waals surface area contributed by atoms with Crippen molar-refractivity contribution in [1.82, 2.24) is 15.7 Å². The largest absolute Gasteiger partial charge is 0.445 e. The highest BCUT2D eigenvalue weighted by molar-refractivity contribution is 5.96. The minimum Gasteiger partial charge on any atom is -0.445 e. The second kappa shape index (κ2) is 16.6. The zero-order chi connectivity index (χ0) is 33.9. The summed E-state index contributed by atoms with van der Waals surface area (Å²) in [6.45, 7) is 5.70. The van der Waals surface area contributed by atoms with Gasteiger partial charge < -0.3 is 30.6 Å². The Labute approximate surface area is 274 Å². The van der Waals surface area contributed by atoms with Gasteiger partial charge in [-0.05, 0) is 42.7 Å². The number of aliphatic hydroxyl groups is 1. The maximum atomic E-state index is 13.5. The Morgan fingerprint density at radius 2 is 1.64 bits per heavy atom. The van der Waals surface area contributed by atoms with Gasteiger partial charge in [0.2, 0.25) is 5.91 Å². The smallest absolute Gasteiger partial charge is 0.408 e. The summed E-state index contributed by atoms with van der Waals surface area (Å²) in [6.07, 6.45) is 0.529. The first kappa shape index (κ1) is 34.9. The number of hydroxylamine groups is 1. The molecule has 1 aliphatic heterocycles. The molecule has 4 rings (SSSR count). The van der Waals surface area contributed by atoms with E-state index in [2.05, 4.69) is 10.8 Å². The Kier molecular flexibility index (Phi) is 12.3. The second-order valence-corrected chi connectivity index (χ2v) is 12.0. The fraction of sp³-hybridized carbons (Fsp3) is 0.371. The molecule has 3 amide bonds. The molecule has 3 aromatic rings. The highest BCUT2D eigenvalue weighted by atomic mass is 16.7. The van der Waals surface area contributed by atoms with Crippen LogP contribution in [0.5, 0.6) is 0 Å². The number of ether oxygens (including phenoxy) is 1. The van der Waals surface area contributed by atoms with Crippen LogP contribution >= 0.6 is 0 Å². The molecular weight excluding hydrogens is 602 g/mol. The topological polar surface area (TPSA) is 164 Å². The van der Waals surface area contributed by atoms with Gasteiger partial charge in [-0.25, -0.2) is 9.59 Å². The van der Waals surface area contributed by atoms with Crippen molar-refractivity contribution < 1.29 is 33.9 Å². The normalized spacial score (nSPS) is 14.7. The summed E-state index contributed by atoms with van der Waals surface area (Å²) in [4.78, 5) is 60.1. The fourth-order valence-electron chi connectivity index (χ4n) is 5.13. The first-order chi connectivity index (χ1) is 22.5. The first-order valence-corrected chi connectivity index (χ1v) is 15.7. The van der Waals surface area contributed by atoms with Crippen molar-refractivity contribution in [2.45, 2.75) is 71.2 Å². The molecule has 0 aromatic heterocycles. The number of rotatable bonds is 13. The minimum absolute atomic E-state index is 0.0360. The summed E-state index contributed by atoms with van der Waals surface area (Å²) in [5, 5.41) is 14.6. The van der Waals surface area contributed by atoms with Crippen LogP contribution in [-0.4, -0.2) is 58.7 Å². The van der Waals surface area contributed by atoms with E-state index >= 15 is 0 Å². The lowest BCUT2D eigenvalue weighted by molar-refractivity contribution is -0.160. The van der Waals surface area contributed by atoms with Crippen LogP contribution in [0.15, 0.2) is 84.7 Å². The zero-order valence-electron chi connectivity index (χ0n) is 26.9. The number of alkyl carbamates (subject to hydrolysis) is 1. The van der Waals surface area contributed by atoms with Crippen molar-refractivity contribution in [2.75, 3.05) is 11.6 Å². The molecule has 47 heavy (non-hydrogen) atoms. The van der Waals surface area contributed by atoms with Gasteiger partial charge in [-0.3, -0.25) is 14.5 Å². The molecule has 0 bridgehead atoms. The molecule has 5 N–H and O–H groups in total. The van der Waals surface area contributed by atoms with Crippen LogP contribution in [0.2, 0.25) is 0 Å². The summed E-state index contributed by atoms with van der Waals surface area (Å²) in [5.41, 5.74) is 10.1. The third-order valence-corrected chi connectivity index (χ3v) is 7.65. The quantitative estimate of drug-likeness (QED) is 0.201. The fourth-order valence-corrected chi connectivity index (χ4v) is 5.13. The molecule has 12 heteroatoms. The van der Waals surface area contributed by atoms with Crippen LogP contribution in [-0.2, 0) is 30.6 Å². The van der Waals surface area contributed by atoms with Gasteiger partial charge in [0.1, 0.15) is 19.3 Å². The van der Waals surface area contributed by atoms with Crippen molar-refractivity contribution >= 4 is 40.3 Å². The van der Waals surface area contributed by atoms with Crippen LogP contribution in [0.1, 0.15) is 52.0 Å². The highest BCUT2D eigenvalue weighted by Crippen LogP contribution is 2.34. The lowest BCUT2D eigenvalue weighted by Gasteiger charge is -2.27. The van der Waals surface area contributed by atoms with E-state index in [-0.39, 0.29) is 32.0 Å². The van der Waals surface area contributed by atoms with Gasteiger partial charge in [0.15, 0.2) is 0 Å². The number of aliphatic hydroxyl groups excluding tert-OH is 1. The third-order valence-electron chi connectivity index (χ3n) is 7.65. The number of hydrogen-bond acceptors (Lipinski definition) is 9. The van der Waals surface area contributed by atoms with E-state index in [4.69, 9.17) is 15.3 Å². The lowest BCUT2D eigenvalue weighted by Crippen LogP contribution is -2.48. The predicted octanol–water partition coefficient (Wildman–Crippen LogP) is 4.08.